The highest BCUT2D eigenvalue weighted by atomic mass is 16.4. The summed E-state index contributed by atoms with van der Waals surface area (Å²) in [6.07, 6.45) is 20.8. The second kappa shape index (κ2) is 22.3. The minimum absolute atomic E-state index is 0.0508. The van der Waals surface area contributed by atoms with Crippen LogP contribution < -0.4 is 0 Å². The molecule has 2 N–H and O–H groups in total. The van der Waals surface area contributed by atoms with E-state index in [0.717, 1.165) is 38.5 Å². The lowest BCUT2D eigenvalue weighted by atomic mass is 10.0. The number of hydrogen-bond donors (Lipinski definition) is 2. The molecular formula is C25H44NO6. The maximum absolute atomic E-state index is 12.1. The number of hydrogen-bond acceptors (Lipinski definition) is 4. The maximum atomic E-state index is 12.1. The largest absolute Gasteiger partial charge is 0.481 e. The summed E-state index contributed by atoms with van der Waals surface area (Å²) in [7, 11) is 0. The Hall–Kier alpha value is -1.92. The SMILES string of the molecule is O=[C]CCN(CC(=O)O)C(=O)CCCCCCCCCCCCCCCCCCC(=O)O. The first-order chi connectivity index (χ1) is 15.5. The molecule has 0 heterocycles. The molecule has 0 aliphatic rings. The molecule has 0 aliphatic carbocycles. The van der Waals surface area contributed by atoms with Crippen molar-refractivity contribution in [2.75, 3.05) is 13.1 Å². The number of carboxylic acids is 2. The molecule has 0 unspecified atom stereocenters. The third kappa shape index (κ3) is 21.3. The van der Waals surface area contributed by atoms with Crippen molar-refractivity contribution in [3.05, 3.63) is 0 Å². The van der Waals surface area contributed by atoms with Crippen LogP contribution in [-0.4, -0.2) is 52.3 Å². The number of unbranched alkanes of at least 4 members (excludes halogenated alkanes) is 15. The summed E-state index contributed by atoms with van der Waals surface area (Å²) >= 11 is 0. The van der Waals surface area contributed by atoms with E-state index in [-0.39, 0.29) is 25.4 Å². The minimum Gasteiger partial charge on any atom is -0.481 e. The molecule has 0 saturated carbocycles. The Labute approximate surface area is 193 Å². The molecular weight excluding hydrogens is 410 g/mol. The molecule has 0 spiro atoms. The average Bonchev–Trinajstić information content (AvgIpc) is 2.75. The first-order valence-electron chi connectivity index (χ1n) is 12.5. The molecule has 7 nitrogen and oxygen atoms in total. The van der Waals surface area contributed by atoms with E-state index in [1.165, 1.54) is 69.1 Å². The zero-order valence-corrected chi connectivity index (χ0v) is 19.8. The summed E-state index contributed by atoms with van der Waals surface area (Å²) in [6.45, 7) is -0.224. The van der Waals surface area contributed by atoms with Crippen molar-refractivity contribution in [3.63, 3.8) is 0 Å². The molecule has 0 atom stereocenters. The van der Waals surface area contributed by atoms with Gasteiger partial charge < -0.3 is 15.1 Å². The third-order valence-electron chi connectivity index (χ3n) is 5.69. The van der Waals surface area contributed by atoms with Crippen molar-refractivity contribution in [3.8, 4) is 0 Å². The number of carboxylic acid groups (broad SMARTS) is 2. The highest BCUT2D eigenvalue weighted by Crippen LogP contribution is 2.14. The number of rotatable bonds is 24. The molecule has 0 bridgehead atoms. The summed E-state index contributed by atoms with van der Waals surface area (Å²) in [5.74, 6) is -1.94. The van der Waals surface area contributed by atoms with Gasteiger partial charge in [0.05, 0.1) is 0 Å². The van der Waals surface area contributed by atoms with Gasteiger partial charge in [-0.3, -0.25) is 19.2 Å². The number of carbonyl (C=O) groups excluding carboxylic acids is 2. The van der Waals surface area contributed by atoms with Crippen LogP contribution in [0, 0.1) is 0 Å². The van der Waals surface area contributed by atoms with Gasteiger partial charge in [-0.2, -0.15) is 0 Å². The van der Waals surface area contributed by atoms with Crippen LogP contribution in [0.5, 0.6) is 0 Å². The number of nitrogens with zero attached hydrogens (tertiary/aromatic N) is 1. The Bertz CT molecular complexity index is 509. The van der Waals surface area contributed by atoms with Gasteiger partial charge in [-0.05, 0) is 12.8 Å². The normalized spacial score (nSPS) is 10.8. The van der Waals surface area contributed by atoms with Gasteiger partial charge in [-0.15, -0.1) is 0 Å². The molecule has 0 fully saturated rings. The Morgan fingerprint density at radius 1 is 0.562 bits per heavy atom. The molecule has 0 aromatic carbocycles. The minimum atomic E-state index is -1.06. The lowest BCUT2D eigenvalue weighted by Crippen LogP contribution is -2.36. The van der Waals surface area contributed by atoms with Gasteiger partial charge in [-0.1, -0.05) is 89.9 Å². The van der Waals surface area contributed by atoms with E-state index in [2.05, 4.69) is 0 Å². The Balaban J connectivity index is 3.39. The van der Waals surface area contributed by atoms with Crippen LogP contribution in [0.25, 0.3) is 0 Å². The van der Waals surface area contributed by atoms with Crippen LogP contribution in [0.2, 0.25) is 0 Å². The molecule has 0 aromatic heterocycles. The standard InChI is InChI=1S/C25H44NO6/c27-21-17-20-26(22-25(31)32)23(28)18-15-13-11-9-7-5-3-1-2-4-6-8-10-12-14-16-19-24(29)30/h1-20,22H2,(H,29,30)(H,31,32). The van der Waals surface area contributed by atoms with Gasteiger partial charge in [0, 0.05) is 25.8 Å². The molecule has 1 radical (unpaired) electrons. The maximum Gasteiger partial charge on any atom is 0.323 e. The van der Waals surface area contributed by atoms with E-state index >= 15 is 0 Å². The fourth-order valence-corrected chi connectivity index (χ4v) is 3.82. The molecule has 1 amide bonds. The lowest BCUT2D eigenvalue weighted by Gasteiger charge is -2.19. The summed E-state index contributed by atoms with van der Waals surface area (Å²) in [6, 6.07) is 0. The molecule has 7 heteroatoms. The quantitative estimate of drug-likeness (QED) is 0.186. The summed E-state index contributed by atoms with van der Waals surface area (Å²) in [4.78, 5) is 44.9. The molecule has 0 rings (SSSR count). The smallest absolute Gasteiger partial charge is 0.323 e. The van der Waals surface area contributed by atoms with Crippen molar-refractivity contribution in [1.29, 1.82) is 0 Å². The van der Waals surface area contributed by atoms with E-state index in [1.54, 1.807) is 6.29 Å². The van der Waals surface area contributed by atoms with Gasteiger partial charge in [0.2, 0.25) is 5.91 Å². The summed E-state index contributed by atoms with van der Waals surface area (Å²) < 4.78 is 0. The second-order valence-corrected chi connectivity index (χ2v) is 8.65. The molecule has 185 valence electrons. The van der Waals surface area contributed by atoms with Crippen LogP contribution in [0.1, 0.15) is 122 Å². The Morgan fingerprint density at radius 3 is 1.28 bits per heavy atom. The predicted molar refractivity (Wildman–Crippen MR) is 125 cm³/mol. The number of carbonyl (C=O) groups is 3. The number of amides is 1. The van der Waals surface area contributed by atoms with Crippen molar-refractivity contribution in [1.82, 2.24) is 4.90 Å². The molecule has 0 aliphatic heterocycles. The third-order valence-corrected chi connectivity index (χ3v) is 5.69. The first kappa shape index (κ1) is 30.1. The summed E-state index contributed by atoms with van der Waals surface area (Å²) in [5.41, 5.74) is 0. The van der Waals surface area contributed by atoms with Crippen molar-refractivity contribution >= 4 is 24.1 Å². The van der Waals surface area contributed by atoms with Gasteiger partial charge in [0.1, 0.15) is 6.54 Å². The van der Waals surface area contributed by atoms with Crippen molar-refractivity contribution in [2.24, 2.45) is 0 Å². The van der Waals surface area contributed by atoms with Crippen LogP contribution in [0.3, 0.4) is 0 Å². The zero-order chi connectivity index (χ0) is 23.9. The predicted octanol–water partition coefficient (Wildman–Crippen LogP) is 5.51. The monoisotopic (exact) mass is 454 g/mol. The van der Waals surface area contributed by atoms with E-state index < -0.39 is 11.9 Å². The van der Waals surface area contributed by atoms with Gasteiger partial charge >= 0.3 is 11.9 Å². The summed E-state index contributed by atoms with van der Waals surface area (Å²) in [5, 5.41) is 17.4. The van der Waals surface area contributed by atoms with Crippen LogP contribution in [-0.2, 0) is 19.2 Å². The first-order valence-corrected chi connectivity index (χ1v) is 12.5. The fraction of sp³-hybridized carbons (Fsp3) is 0.840. The lowest BCUT2D eigenvalue weighted by molar-refractivity contribution is -0.144. The fourth-order valence-electron chi connectivity index (χ4n) is 3.82. The highest BCUT2D eigenvalue weighted by molar-refractivity contribution is 5.81. The molecule has 0 saturated heterocycles. The highest BCUT2D eigenvalue weighted by Gasteiger charge is 2.15. The Morgan fingerprint density at radius 2 is 0.938 bits per heavy atom. The topological polar surface area (TPSA) is 112 Å². The van der Waals surface area contributed by atoms with Gasteiger partial charge in [0.15, 0.2) is 6.29 Å². The van der Waals surface area contributed by atoms with E-state index in [0.29, 0.717) is 12.8 Å². The van der Waals surface area contributed by atoms with Crippen LogP contribution in [0.15, 0.2) is 0 Å². The molecule has 32 heavy (non-hydrogen) atoms. The van der Waals surface area contributed by atoms with Gasteiger partial charge in [-0.25, -0.2) is 0 Å². The van der Waals surface area contributed by atoms with E-state index in [1.807, 2.05) is 0 Å². The van der Waals surface area contributed by atoms with E-state index in [9.17, 15) is 19.2 Å². The number of aliphatic carboxylic acids is 2. The average molecular weight is 455 g/mol. The van der Waals surface area contributed by atoms with E-state index in [4.69, 9.17) is 10.2 Å². The van der Waals surface area contributed by atoms with Crippen molar-refractivity contribution < 1.29 is 29.4 Å². The van der Waals surface area contributed by atoms with Gasteiger partial charge in [0.25, 0.3) is 0 Å². The van der Waals surface area contributed by atoms with Crippen molar-refractivity contribution in [2.45, 2.75) is 122 Å². The molecule has 0 aromatic rings. The Kier molecular flexibility index (Phi) is 20.9. The van der Waals surface area contributed by atoms with Crippen LogP contribution >= 0.6 is 0 Å². The van der Waals surface area contributed by atoms with Crippen LogP contribution in [0.4, 0.5) is 0 Å². The zero-order valence-electron chi connectivity index (χ0n) is 19.8. The second-order valence-electron chi connectivity index (χ2n) is 8.65.